The van der Waals surface area contributed by atoms with Crippen LogP contribution < -0.4 is 0 Å². The summed E-state index contributed by atoms with van der Waals surface area (Å²) >= 11 is 0. The summed E-state index contributed by atoms with van der Waals surface area (Å²) in [6.45, 7) is 8.29. The molecule has 2 aromatic rings. The lowest BCUT2D eigenvalue weighted by molar-refractivity contribution is 0.626. The van der Waals surface area contributed by atoms with E-state index in [4.69, 9.17) is 0 Å². The molecule has 0 saturated carbocycles. The average Bonchev–Trinajstić information content (AvgIpc) is 2.44. The predicted molar refractivity (Wildman–Crippen MR) is 81.0 cm³/mol. The molecule has 0 radical (unpaired) electrons. The zero-order chi connectivity index (χ0) is 14.3. The average molecular weight is 258 g/mol. The van der Waals surface area contributed by atoms with Gasteiger partial charge in [0.15, 0.2) is 0 Å². The van der Waals surface area contributed by atoms with Crippen LogP contribution in [0, 0.1) is 12.7 Å². The molecule has 0 unspecified atom stereocenters. The lowest BCUT2D eigenvalue weighted by atomic mass is 9.93. The second-order valence-electron chi connectivity index (χ2n) is 4.64. The van der Waals surface area contributed by atoms with Crippen molar-refractivity contribution in [3.63, 3.8) is 0 Å². The van der Waals surface area contributed by atoms with E-state index < -0.39 is 0 Å². The largest absolute Gasteiger partial charge is 0.207 e. The van der Waals surface area contributed by atoms with Crippen LogP contribution in [0.1, 0.15) is 43.4 Å². The van der Waals surface area contributed by atoms with Gasteiger partial charge in [-0.05, 0) is 42.5 Å². The van der Waals surface area contributed by atoms with Crippen LogP contribution in [0.25, 0.3) is 0 Å². The minimum absolute atomic E-state index is 0.170. The fourth-order valence-corrected chi connectivity index (χ4v) is 1.99. The minimum Gasteiger partial charge on any atom is -0.207 e. The van der Waals surface area contributed by atoms with E-state index in [9.17, 15) is 4.39 Å². The summed E-state index contributed by atoms with van der Waals surface area (Å²) in [4.78, 5) is 0. The summed E-state index contributed by atoms with van der Waals surface area (Å²) in [7, 11) is 0. The zero-order valence-corrected chi connectivity index (χ0v) is 12.3. The lowest BCUT2D eigenvalue weighted by Crippen LogP contribution is -1.98. The van der Waals surface area contributed by atoms with Crippen LogP contribution >= 0.6 is 0 Å². The van der Waals surface area contributed by atoms with Crippen molar-refractivity contribution in [2.75, 3.05) is 0 Å². The molecule has 0 nitrogen and oxygen atoms in total. The van der Waals surface area contributed by atoms with E-state index in [2.05, 4.69) is 38.1 Å². The Morgan fingerprint density at radius 1 is 0.895 bits per heavy atom. The Bertz CT molecular complexity index is 468. The van der Waals surface area contributed by atoms with Crippen molar-refractivity contribution in [3.05, 3.63) is 71.0 Å². The van der Waals surface area contributed by atoms with Gasteiger partial charge >= 0.3 is 0 Å². The Balaban J connectivity index is 0.000000861. The van der Waals surface area contributed by atoms with Gasteiger partial charge in [-0.3, -0.25) is 0 Å². The SMILES string of the molecule is CC.Cc1ccc([C@@H](C)Cc2ccc(F)cc2)cc1. The third-order valence-electron chi connectivity index (χ3n) is 3.10. The molecule has 0 N–H and O–H groups in total. The zero-order valence-electron chi connectivity index (χ0n) is 12.3. The Labute approximate surface area is 116 Å². The standard InChI is InChI=1S/C16H17F.C2H6/c1-12-3-7-15(8-4-12)13(2)11-14-5-9-16(17)10-6-14;1-2/h3-10,13H,11H2,1-2H3;1-2H3/t13-;/m0./s1. The lowest BCUT2D eigenvalue weighted by Gasteiger charge is -2.12. The molecule has 2 aromatic carbocycles. The number of benzene rings is 2. The second-order valence-corrected chi connectivity index (χ2v) is 4.64. The fourth-order valence-electron chi connectivity index (χ4n) is 1.99. The molecule has 0 bridgehead atoms. The van der Waals surface area contributed by atoms with Crippen LogP contribution in [0.4, 0.5) is 4.39 Å². The van der Waals surface area contributed by atoms with Crippen molar-refractivity contribution in [3.8, 4) is 0 Å². The maximum absolute atomic E-state index is 12.8. The molecule has 0 aliphatic heterocycles. The molecule has 0 aliphatic carbocycles. The van der Waals surface area contributed by atoms with E-state index in [1.165, 1.54) is 28.8 Å². The smallest absolute Gasteiger partial charge is 0.123 e. The summed E-state index contributed by atoms with van der Waals surface area (Å²) in [5, 5.41) is 0. The molecule has 0 saturated heterocycles. The van der Waals surface area contributed by atoms with Crippen LogP contribution in [-0.2, 0) is 6.42 Å². The van der Waals surface area contributed by atoms with Crippen molar-refractivity contribution >= 4 is 0 Å². The number of halogens is 1. The van der Waals surface area contributed by atoms with Crippen LogP contribution in [0.5, 0.6) is 0 Å². The highest BCUT2D eigenvalue weighted by atomic mass is 19.1. The molecule has 0 aromatic heterocycles. The van der Waals surface area contributed by atoms with Crippen LogP contribution in [-0.4, -0.2) is 0 Å². The normalized spacial score (nSPS) is 11.4. The second kappa shape index (κ2) is 7.73. The summed E-state index contributed by atoms with van der Waals surface area (Å²) < 4.78 is 12.8. The van der Waals surface area contributed by atoms with Gasteiger partial charge in [-0.15, -0.1) is 0 Å². The van der Waals surface area contributed by atoms with Gasteiger partial charge in [0, 0.05) is 0 Å². The van der Waals surface area contributed by atoms with Gasteiger partial charge in [-0.25, -0.2) is 4.39 Å². The number of rotatable bonds is 3. The molecule has 1 atom stereocenters. The van der Waals surface area contributed by atoms with Crippen LogP contribution in [0.3, 0.4) is 0 Å². The molecule has 0 spiro atoms. The highest BCUT2D eigenvalue weighted by Crippen LogP contribution is 2.20. The topological polar surface area (TPSA) is 0 Å². The van der Waals surface area contributed by atoms with Crippen molar-refractivity contribution in [1.82, 2.24) is 0 Å². The first kappa shape index (κ1) is 15.4. The molecule has 2 rings (SSSR count). The van der Waals surface area contributed by atoms with E-state index in [0.29, 0.717) is 5.92 Å². The Hall–Kier alpha value is -1.63. The molecule has 0 heterocycles. The minimum atomic E-state index is -0.170. The van der Waals surface area contributed by atoms with E-state index in [0.717, 1.165) is 6.42 Å². The Kier molecular flexibility index (Phi) is 6.27. The van der Waals surface area contributed by atoms with Gasteiger partial charge < -0.3 is 0 Å². The fraction of sp³-hybridized carbons (Fsp3) is 0.333. The van der Waals surface area contributed by atoms with Crippen LogP contribution in [0.2, 0.25) is 0 Å². The highest BCUT2D eigenvalue weighted by molar-refractivity contribution is 5.26. The summed E-state index contributed by atoms with van der Waals surface area (Å²) in [5.74, 6) is 0.290. The number of hydrogen-bond donors (Lipinski definition) is 0. The van der Waals surface area contributed by atoms with Gasteiger partial charge in [0.05, 0.1) is 0 Å². The van der Waals surface area contributed by atoms with Gasteiger partial charge in [-0.1, -0.05) is 62.7 Å². The van der Waals surface area contributed by atoms with E-state index in [1.54, 1.807) is 0 Å². The molecular formula is C18H23F. The maximum atomic E-state index is 12.8. The summed E-state index contributed by atoms with van der Waals surface area (Å²) in [6, 6.07) is 15.4. The van der Waals surface area contributed by atoms with Crippen molar-refractivity contribution < 1.29 is 4.39 Å². The quantitative estimate of drug-likeness (QED) is 0.681. The van der Waals surface area contributed by atoms with Crippen molar-refractivity contribution in [2.45, 2.75) is 40.0 Å². The van der Waals surface area contributed by atoms with Crippen molar-refractivity contribution in [2.24, 2.45) is 0 Å². The third kappa shape index (κ3) is 4.86. The third-order valence-corrected chi connectivity index (χ3v) is 3.10. The van der Waals surface area contributed by atoms with Crippen molar-refractivity contribution in [1.29, 1.82) is 0 Å². The predicted octanol–water partition coefficient (Wildman–Crippen LogP) is 5.51. The molecule has 19 heavy (non-hydrogen) atoms. The van der Waals surface area contributed by atoms with E-state index in [-0.39, 0.29) is 5.82 Å². The summed E-state index contributed by atoms with van der Waals surface area (Å²) in [6.07, 6.45) is 0.948. The van der Waals surface area contributed by atoms with Crippen LogP contribution in [0.15, 0.2) is 48.5 Å². The van der Waals surface area contributed by atoms with Gasteiger partial charge in [0.1, 0.15) is 5.82 Å². The number of hydrogen-bond acceptors (Lipinski definition) is 0. The highest BCUT2D eigenvalue weighted by Gasteiger charge is 2.06. The van der Waals surface area contributed by atoms with E-state index in [1.807, 2.05) is 26.0 Å². The Morgan fingerprint density at radius 3 is 1.95 bits per heavy atom. The Morgan fingerprint density at radius 2 is 1.42 bits per heavy atom. The maximum Gasteiger partial charge on any atom is 0.123 e. The van der Waals surface area contributed by atoms with Gasteiger partial charge in [0.25, 0.3) is 0 Å². The molecule has 1 heteroatoms. The van der Waals surface area contributed by atoms with E-state index >= 15 is 0 Å². The summed E-state index contributed by atoms with van der Waals surface area (Å²) in [5.41, 5.74) is 3.79. The monoisotopic (exact) mass is 258 g/mol. The molecule has 0 aliphatic rings. The van der Waals surface area contributed by atoms with Gasteiger partial charge in [-0.2, -0.15) is 0 Å². The molecule has 0 amide bonds. The molecule has 0 fully saturated rings. The molecule has 102 valence electrons. The first-order valence-corrected chi connectivity index (χ1v) is 6.96. The first-order chi connectivity index (χ1) is 9.15. The first-order valence-electron chi connectivity index (χ1n) is 6.96. The van der Waals surface area contributed by atoms with Gasteiger partial charge in [0.2, 0.25) is 0 Å². The molecular weight excluding hydrogens is 235 g/mol. The number of aryl methyl sites for hydroxylation is 1.